The Labute approximate surface area is 199 Å². The molecule has 0 spiro atoms. The van der Waals surface area contributed by atoms with Crippen LogP contribution in [0.5, 0.6) is 0 Å². The van der Waals surface area contributed by atoms with Crippen LogP contribution in [0.2, 0.25) is 0 Å². The molecular formula is C19H21F3N4O6S2. The van der Waals surface area contributed by atoms with Crippen molar-refractivity contribution in [1.82, 2.24) is 15.6 Å². The topological polar surface area (TPSA) is 136 Å². The molecule has 0 aromatic carbocycles. The number of hydrogen-bond acceptors (Lipinski definition) is 9. The zero-order valence-electron chi connectivity index (χ0n) is 18.4. The summed E-state index contributed by atoms with van der Waals surface area (Å²) in [4.78, 5) is 51.4. The van der Waals surface area contributed by atoms with Gasteiger partial charge in [0.25, 0.3) is 11.8 Å². The lowest BCUT2D eigenvalue weighted by atomic mass is 10.2. The van der Waals surface area contributed by atoms with Crippen LogP contribution in [0, 0.1) is 0 Å². The molecule has 10 nitrogen and oxygen atoms in total. The molecule has 2 aromatic heterocycles. The summed E-state index contributed by atoms with van der Waals surface area (Å²) in [6, 6.07) is 1.66. The number of rotatable bonds is 7. The Balaban J connectivity index is 2.21. The normalized spacial score (nSPS) is 12.4. The molecule has 1 atom stereocenters. The summed E-state index contributed by atoms with van der Waals surface area (Å²) in [5.74, 6) is -2.84. The molecule has 2 aromatic rings. The fraction of sp³-hybridized carbons (Fsp3) is 0.421. The van der Waals surface area contributed by atoms with Crippen molar-refractivity contribution in [2.45, 2.75) is 38.6 Å². The second kappa shape index (κ2) is 10.8. The van der Waals surface area contributed by atoms with Crippen LogP contribution in [0.25, 0.3) is 0 Å². The zero-order chi connectivity index (χ0) is 25.7. The third-order valence-electron chi connectivity index (χ3n) is 3.71. The van der Waals surface area contributed by atoms with Crippen LogP contribution in [0.15, 0.2) is 17.5 Å². The molecule has 3 N–H and O–H groups in total. The van der Waals surface area contributed by atoms with E-state index in [1.54, 1.807) is 32.2 Å². The van der Waals surface area contributed by atoms with Crippen molar-refractivity contribution in [3.05, 3.63) is 33.0 Å². The van der Waals surface area contributed by atoms with Gasteiger partial charge in [-0.3, -0.25) is 14.9 Å². The van der Waals surface area contributed by atoms with E-state index in [1.807, 2.05) is 5.32 Å². The first kappa shape index (κ1) is 27.0. The van der Waals surface area contributed by atoms with Gasteiger partial charge in [0.1, 0.15) is 16.5 Å². The van der Waals surface area contributed by atoms with Gasteiger partial charge < -0.3 is 20.1 Å². The highest BCUT2D eigenvalue weighted by Crippen LogP contribution is 2.36. The lowest BCUT2D eigenvalue weighted by Crippen LogP contribution is -2.49. The maximum Gasteiger partial charge on any atom is 0.435 e. The van der Waals surface area contributed by atoms with Gasteiger partial charge in [0, 0.05) is 6.54 Å². The van der Waals surface area contributed by atoms with Gasteiger partial charge in [-0.2, -0.15) is 13.2 Å². The van der Waals surface area contributed by atoms with Crippen LogP contribution in [0.1, 0.15) is 45.8 Å². The van der Waals surface area contributed by atoms with Crippen LogP contribution in [0.3, 0.4) is 0 Å². The van der Waals surface area contributed by atoms with Crippen molar-refractivity contribution in [3.8, 4) is 0 Å². The molecule has 0 aliphatic heterocycles. The first-order valence-corrected chi connectivity index (χ1v) is 11.2. The Kier molecular flexibility index (Phi) is 8.61. The molecule has 0 bridgehead atoms. The van der Waals surface area contributed by atoms with E-state index in [4.69, 9.17) is 4.74 Å². The quantitative estimate of drug-likeness (QED) is 0.475. The number of alkyl halides is 3. The second-order valence-corrected chi connectivity index (χ2v) is 9.50. The molecule has 15 heteroatoms. The Morgan fingerprint density at radius 2 is 1.82 bits per heavy atom. The largest absolute Gasteiger partial charge is 0.467 e. The number of esters is 1. The number of hydrogen-bond donors (Lipinski definition) is 3. The number of thiazole rings is 1. The highest BCUT2D eigenvalue weighted by molar-refractivity contribution is 7.17. The lowest BCUT2D eigenvalue weighted by Gasteiger charge is -2.18. The molecule has 0 saturated carbocycles. The zero-order valence-corrected chi connectivity index (χ0v) is 20.0. The van der Waals surface area contributed by atoms with Crippen molar-refractivity contribution < 1.29 is 41.8 Å². The van der Waals surface area contributed by atoms with Crippen LogP contribution < -0.4 is 16.0 Å². The third-order valence-corrected chi connectivity index (χ3v) is 5.55. The van der Waals surface area contributed by atoms with Crippen LogP contribution >= 0.6 is 22.7 Å². The number of nitrogens with zero attached hydrogens (tertiary/aromatic N) is 1. The number of aromatic nitrogens is 1. The van der Waals surface area contributed by atoms with Gasteiger partial charge in [-0.15, -0.1) is 11.3 Å². The minimum Gasteiger partial charge on any atom is -0.467 e. The number of ether oxygens (including phenoxy) is 2. The summed E-state index contributed by atoms with van der Waals surface area (Å²) >= 11 is 1.37. The third kappa shape index (κ3) is 7.69. The van der Waals surface area contributed by atoms with E-state index in [0.717, 1.165) is 18.4 Å². The van der Waals surface area contributed by atoms with Crippen molar-refractivity contribution in [2.75, 3.05) is 19.0 Å². The average molecular weight is 523 g/mol. The Morgan fingerprint density at radius 1 is 1.15 bits per heavy atom. The molecule has 0 fully saturated rings. The van der Waals surface area contributed by atoms with E-state index in [0.29, 0.717) is 4.88 Å². The lowest BCUT2D eigenvalue weighted by molar-refractivity contribution is -0.142. The molecule has 3 amide bonds. The van der Waals surface area contributed by atoms with Gasteiger partial charge in [0.2, 0.25) is 0 Å². The Bertz CT molecular complexity index is 1050. The highest BCUT2D eigenvalue weighted by Gasteiger charge is 2.40. The summed E-state index contributed by atoms with van der Waals surface area (Å²) < 4.78 is 50.0. The van der Waals surface area contributed by atoms with Gasteiger partial charge in [-0.25, -0.2) is 14.6 Å². The molecule has 0 aliphatic carbocycles. The van der Waals surface area contributed by atoms with Crippen LogP contribution in [-0.2, 0) is 20.4 Å². The number of nitrogens with one attached hydrogen (secondary N) is 3. The average Bonchev–Trinajstić information content (AvgIpc) is 3.38. The Morgan fingerprint density at radius 3 is 2.35 bits per heavy atom. The minimum atomic E-state index is -5.04. The predicted molar refractivity (Wildman–Crippen MR) is 117 cm³/mol. The summed E-state index contributed by atoms with van der Waals surface area (Å²) in [7, 11) is 1.01. The van der Waals surface area contributed by atoms with E-state index in [2.05, 4.69) is 20.4 Å². The standard InChI is InChI=1S/C19H21F3N4O6S2/c1-18(2,3)32-17(30)26-16-25-12(19(20,21)22)11(34-16)14(28)24-9(15(29)31-4)8-23-13(27)10-6-5-7-33-10/h5-7,9H,8H2,1-4H3,(H,23,27)(H,24,28)(H,25,26,30). The number of anilines is 1. The van der Waals surface area contributed by atoms with Gasteiger partial charge in [-0.1, -0.05) is 17.4 Å². The first-order valence-electron chi connectivity index (χ1n) is 9.49. The van der Waals surface area contributed by atoms with Gasteiger partial charge >= 0.3 is 18.2 Å². The molecule has 0 saturated heterocycles. The van der Waals surface area contributed by atoms with Gasteiger partial charge in [0.05, 0.1) is 12.0 Å². The fourth-order valence-electron chi connectivity index (χ4n) is 2.36. The molecule has 0 aliphatic rings. The summed E-state index contributed by atoms with van der Waals surface area (Å²) in [5.41, 5.74) is -2.48. The maximum atomic E-state index is 13.5. The van der Waals surface area contributed by atoms with E-state index < -0.39 is 63.9 Å². The molecule has 2 heterocycles. The van der Waals surface area contributed by atoms with Crippen molar-refractivity contribution >= 4 is 51.7 Å². The van der Waals surface area contributed by atoms with E-state index in [-0.39, 0.29) is 11.3 Å². The second-order valence-electron chi connectivity index (χ2n) is 7.56. The summed E-state index contributed by atoms with van der Waals surface area (Å²) in [6.45, 7) is 4.22. The SMILES string of the molecule is COC(=O)C(CNC(=O)c1cccs1)NC(=O)c1sc(NC(=O)OC(C)(C)C)nc1C(F)(F)F. The van der Waals surface area contributed by atoms with E-state index >= 15 is 0 Å². The van der Waals surface area contributed by atoms with Crippen LogP contribution in [-0.4, -0.2) is 54.2 Å². The molecule has 0 radical (unpaired) electrons. The van der Waals surface area contributed by atoms with Crippen LogP contribution in [0.4, 0.5) is 23.1 Å². The number of halogens is 3. The first-order chi connectivity index (χ1) is 15.7. The monoisotopic (exact) mass is 522 g/mol. The van der Waals surface area contributed by atoms with E-state index in [9.17, 15) is 32.3 Å². The van der Waals surface area contributed by atoms with Crippen molar-refractivity contribution in [3.63, 3.8) is 0 Å². The smallest absolute Gasteiger partial charge is 0.435 e. The van der Waals surface area contributed by atoms with Crippen molar-refractivity contribution in [2.24, 2.45) is 0 Å². The summed E-state index contributed by atoms with van der Waals surface area (Å²) in [5, 5.41) is 7.67. The highest BCUT2D eigenvalue weighted by atomic mass is 32.1. The number of methoxy groups -OCH3 is 1. The van der Waals surface area contributed by atoms with Crippen molar-refractivity contribution in [1.29, 1.82) is 0 Å². The number of thiophene rings is 1. The Hall–Kier alpha value is -3.20. The molecular weight excluding hydrogens is 501 g/mol. The molecule has 34 heavy (non-hydrogen) atoms. The molecule has 2 rings (SSSR count). The number of carbonyl (C=O) groups is 4. The predicted octanol–water partition coefficient (Wildman–Crippen LogP) is 3.27. The number of amides is 3. The summed E-state index contributed by atoms with van der Waals surface area (Å²) in [6.07, 6.45) is -6.10. The van der Waals surface area contributed by atoms with E-state index in [1.165, 1.54) is 6.07 Å². The minimum absolute atomic E-state index is 0.240. The fourth-order valence-corrected chi connectivity index (χ4v) is 3.87. The molecule has 1 unspecified atom stereocenters. The maximum absolute atomic E-state index is 13.5. The molecule has 186 valence electrons. The van der Waals surface area contributed by atoms with Gasteiger partial charge in [-0.05, 0) is 32.2 Å². The van der Waals surface area contributed by atoms with Gasteiger partial charge in [0.15, 0.2) is 10.8 Å². The number of carbonyl (C=O) groups excluding carboxylic acids is 4.